The summed E-state index contributed by atoms with van der Waals surface area (Å²) < 4.78 is 0. The minimum atomic E-state index is -1.12. The van der Waals surface area contributed by atoms with Gasteiger partial charge in [-0.05, 0) is 40.6 Å². The van der Waals surface area contributed by atoms with Crippen LogP contribution in [-0.2, 0) is 11.2 Å². The highest BCUT2D eigenvalue weighted by Crippen LogP contribution is 2.16. The largest absolute Gasteiger partial charge is 0.480 e. The van der Waals surface area contributed by atoms with E-state index in [9.17, 15) is 14.7 Å². The van der Waals surface area contributed by atoms with E-state index in [4.69, 9.17) is 5.26 Å². The third-order valence-electron chi connectivity index (χ3n) is 4.11. The lowest BCUT2D eigenvalue weighted by Gasteiger charge is -2.15. The highest BCUT2D eigenvalue weighted by atomic mass is 16.4. The summed E-state index contributed by atoms with van der Waals surface area (Å²) in [5.74, 6) is -1.57. The fraction of sp³-hybridized carbons (Fsp3) is 0.0952. The maximum absolute atomic E-state index is 12.5. The SMILES string of the molecule is N#Cc1cccc(C[C@@H](NC(=O)c2ccc3ccccc3c2)C(=O)O)c1. The number of carbonyl (C=O) groups is 2. The molecule has 1 atom stereocenters. The number of fused-ring (bicyclic) bond motifs is 1. The summed E-state index contributed by atoms with van der Waals surface area (Å²) in [4.78, 5) is 24.0. The van der Waals surface area contributed by atoms with Gasteiger partial charge in [-0.3, -0.25) is 4.79 Å². The molecule has 0 bridgehead atoms. The molecule has 0 saturated heterocycles. The topological polar surface area (TPSA) is 90.2 Å². The van der Waals surface area contributed by atoms with Gasteiger partial charge in [-0.2, -0.15) is 5.26 Å². The predicted molar refractivity (Wildman–Crippen MR) is 97.7 cm³/mol. The van der Waals surface area contributed by atoms with E-state index < -0.39 is 17.9 Å². The number of rotatable bonds is 5. The number of nitrogens with one attached hydrogen (secondary N) is 1. The molecule has 0 aliphatic heterocycles. The lowest BCUT2D eigenvalue weighted by molar-refractivity contribution is -0.139. The summed E-state index contributed by atoms with van der Waals surface area (Å²) in [7, 11) is 0. The van der Waals surface area contributed by atoms with Crippen LogP contribution in [0.15, 0.2) is 66.7 Å². The van der Waals surface area contributed by atoms with Gasteiger partial charge in [0, 0.05) is 12.0 Å². The van der Waals surface area contributed by atoms with Crippen LogP contribution >= 0.6 is 0 Å². The van der Waals surface area contributed by atoms with Crippen molar-refractivity contribution in [3.05, 3.63) is 83.4 Å². The van der Waals surface area contributed by atoms with Gasteiger partial charge in [0.15, 0.2) is 0 Å². The smallest absolute Gasteiger partial charge is 0.326 e. The maximum Gasteiger partial charge on any atom is 0.326 e. The zero-order chi connectivity index (χ0) is 18.5. The maximum atomic E-state index is 12.5. The molecule has 2 N–H and O–H groups in total. The van der Waals surface area contributed by atoms with Crippen molar-refractivity contribution >= 4 is 22.6 Å². The molecule has 0 heterocycles. The molecular weight excluding hydrogens is 328 g/mol. The molecule has 5 nitrogen and oxygen atoms in total. The van der Waals surface area contributed by atoms with Crippen molar-refractivity contribution in [1.29, 1.82) is 5.26 Å². The fourth-order valence-corrected chi connectivity index (χ4v) is 2.78. The first-order valence-electron chi connectivity index (χ1n) is 8.08. The number of carboxylic acid groups (broad SMARTS) is 1. The number of benzene rings is 3. The Kier molecular flexibility index (Phi) is 4.95. The lowest BCUT2D eigenvalue weighted by Crippen LogP contribution is -2.42. The molecule has 26 heavy (non-hydrogen) atoms. The van der Waals surface area contributed by atoms with Crippen LogP contribution in [0.5, 0.6) is 0 Å². The quantitative estimate of drug-likeness (QED) is 0.744. The van der Waals surface area contributed by atoms with Gasteiger partial charge in [0.2, 0.25) is 0 Å². The second kappa shape index (κ2) is 7.49. The molecule has 0 radical (unpaired) electrons. The van der Waals surface area contributed by atoms with Gasteiger partial charge >= 0.3 is 5.97 Å². The Morgan fingerprint density at radius 2 is 1.77 bits per heavy atom. The number of amides is 1. The molecule has 0 spiro atoms. The monoisotopic (exact) mass is 344 g/mol. The van der Waals surface area contributed by atoms with Crippen molar-refractivity contribution in [2.24, 2.45) is 0 Å². The molecule has 0 aliphatic rings. The Morgan fingerprint density at radius 1 is 1.00 bits per heavy atom. The normalized spacial score (nSPS) is 11.5. The number of hydrogen-bond donors (Lipinski definition) is 2. The van der Waals surface area contributed by atoms with Gasteiger partial charge < -0.3 is 10.4 Å². The van der Waals surface area contributed by atoms with Crippen LogP contribution in [0.4, 0.5) is 0 Å². The number of nitriles is 1. The predicted octanol–water partition coefficient (Wildman–Crippen LogP) is 3.14. The summed E-state index contributed by atoms with van der Waals surface area (Å²) in [6.45, 7) is 0. The molecule has 0 aliphatic carbocycles. The zero-order valence-electron chi connectivity index (χ0n) is 13.8. The summed E-state index contributed by atoms with van der Waals surface area (Å²) in [6.07, 6.45) is 0.101. The highest BCUT2D eigenvalue weighted by Gasteiger charge is 2.21. The first-order chi connectivity index (χ1) is 12.6. The van der Waals surface area contributed by atoms with Gasteiger partial charge in [-0.25, -0.2) is 4.79 Å². The first kappa shape index (κ1) is 17.2. The fourth-order valence-electron chi connectivity index (χ4n) is 2.78. The second-order valence-electron chi connectivity index (χ2n) is 5.94. The standard InChI is InChI=1S/C21H16N2O3/c22-13-15-5-3-4-14(10-15)11-19(21(25)26)23-20(24)18-9-8-16-6-1-2-7-17(16)12-18/h1-10,12,19H,11H2,(H,23,24)(H,25,26)/t19-/m1/s1. The average molecular weight is 344 g/mol. The van der Waals surface area contributed by atoms with E-state index in [1.165, 1.54) is 0 Å². The van der Waals surface area contributed by atoms with Crippen molar-refractivity contribution in [3.8, 4) is 6.07 Å². The summed E-state index contributed by atoms with van der Waals surface area (Å²) >= 11 is 0. The zero-order valence-corrected chi connectivity index (χ0v) is 13.8. The lowest BCUT2D eigenvalue weighted by atomic mass is 10.0. The van der Waals surface area contributed by atoms with E-state index in [-0.39, 0.29) is 6.42 Å². The van der Waals surface area contributed by atoms with E-state index in [0.29, 0.717) is 16.7 Å². The van der Waals surface area contributed by atoms with Gasteiger partial charge in [-0.15, -0.1) is 0 Å². The van der Waals surface area contributed by atoms with Gasteiger partial charge in [-0.1, -0.05) is 42.5 Å². The molecule has 0 unspecified atom stereocenters. The molecule has 1 amide bonds. The van der Waals surface area contributed by atoms with E-state index >= 15 is 0 Å². The summed E-state index contributed by atoms with van der Waals surface area (Å²) in [5, 5.41) is 22.9. The average Bonchev–Trinajstić information content (AvgIpc) is 2.67. The Morgan fingerprint density at radius 3 is 2.50 bits per heavy atom. The van der Waals surface area contributed by atoms with Crippen LogP contribution in [0.1, 0.15) is 21.5 Å². The minimum absolute atomic E-state index is 0.101. The Hall–Kier alpha value is -3.65. The Bertz CT molecular complexity index is 1020. The molecule has 3 rings (SSSR count). The van der Waals surface area contributed by atoms with Gasteiger partial charge in [0.05, 0.1) is 11.6 Å². The van der Waals surface area contributed by atoms with Crippen LogP contribution < -0.4 is 5.32 Å². The number of carboxylic acids is 1. The van der Waals surface area contributed by atoms with Crippen LogP contribution in [0.25, 0.3) is 10.8 Å². The Labute approximate surface area is 150 Å². The van der Waals surface area contributed by atoms with E-state index in [0.717, 1.165) is 10.8 Å². The van der Waals surface area contributed by atoms with Crippen LogP contribution in [0.2, 0.25) is 0 Å². The number of aliphatic carboxylic acids is 1. The first-order valence-corrected chi connectivity index (χ1v) is 8.08. The van der Waals surface area contributed by atoms with E-state index in [1.54, 1.807) is 36.4 Å². The summed E-state index contributed by atoms with van der Waals surface area (Å²) in [5.41, 5.74) is 1.53. The molecule has 0 aromatic heterocycles. The third kappa shape index (κ3) is 3.87. The number of nitrogens with zero attached hydrogens (tertiary/aromatic N) is 1. The second-order valence-corrected chi connectivity index (χ2v) is 5.94. The van der Waals surface area contributed by atoms with Crippen LogP contribution in [0, 0.1) is 11.3 Å². The molecule has 0 saturated carbocycles. The highest BCUT2D eigenvalue weighted by molar-refractivity contribution is 6.00. The van der Waals surface area contributed by atoms with E-state index in [1.807, 2.05) is 36.4 Å². The molecule has 0 fully saturated rings. The molecule has 128 valence electrons. The summed E-state index contributed by atoms with van der Waals surface area (Å²) in [6, 6.07) is 20.5. The number of hydrogen-bond acceptors (Lipinski definition) is 3. The molecule has 3 aromatic rings. The van der Waals surface area contributed by atoms with Crippen molar-refractivity contribution in [2.75, 3.05) is 0 Å². The van der Waals surface area contributed by atoms with Crippen LogP contribution in [0.3, 0.4) is 0 Å². The van der Waals surface area contributed by atoms with Gasteiger partial charge in [0.1, 0.15) is 6.04 Å². The molecule has 5 heteroatoms. The molecular formula is C21H16N2O3. The van der Waals surface area contributed by atoms with Crippen LogP contribution in [-0.4, -0.2) is 23.0 Å². The number of carbonyl (C=O) groups excluding carboxylic acids is 1. The van der Waals surface area contributed by atoms with Crippen molar-refractivity contribution in [1.82, 2.24) is 5.32 Å². The Balaban J connectivity index is 1.79. The molecule has 3 aromatic carbocycles. The minimum Gasteiger partial charge on any atom is -0.480 e. The van der Waals surface area contributed by atoms with Crippen molar-refractivity contribution in [2.45, 2.75) is 12.5 Å². The van der Waals surface area contributed by atoms with Crippen molar-refractivity contribution < 1.29 is 14.7 Å². The third-order valence-corrected chi connectivity index (χ3v) is 4.11. The van der Waals surface area contributed by atoms with Gasteiger partial charge in [0.25, 0.3) is 5.91 Å². The van der Waals surface area contributed by atoms with E-state index in [2.05, 4.69) is 5.32 Å². The van der Waals surface area contributed by atoms with Crippen molar-refractivity contribution in [3.63, 3.8) is 0 Å².